The van der Waals surface area contributed by atoms with Crippen molar-refractivity contribution in [3.63, 3.8) is 0 Å². The normalized spacial score (nSPS) is 19.8. The number of nitrogens with one attached hydrogen (secondary N) is 1. The van der Waals surface area contributed by atoms with E-state index in [1.165, 1.54) is 6.20 Å². The van der Waals surface area contributed by atoms with Crippen molar-refractivity contribution >= 4 is 17.2 Å². The van der Waals surface area contributed by atoms with E-state index in [4.69, 9.17) is 20.2 Å². The van der Waals surface area contributed by atoms with Crippen molar-refractivity contribution in [2.75, 3.05) is 26.0 Å². The Balaban J connectivity index is 1.44. The molecule has 10 heteroatoms. The Morgan fingerprint density at radius 2 is 2.03 bits per heavy atom. The summed E-state index contributed by atoms with van der Waals surface area (Å²) < 4.78 is 13.8. The first-order valence-corrected chi connectivity index (χ1v) is 11.8. The molecular formula is C26H28N6O4. The number of imidazole rings is 1. The molecule has 1 fully saturated rings. The molecule has 186 valence electrons. The molecule has 1 amide bonds. The Morgan fingerprint density at radius 1 is 1.22 bits per heavy atom. The van der Waals surface area contributed by atoms with Gasteiger partial charge >= 0.3 is 0 Å². The van der Waals surface area contributed by atoms with Crippen molar-refractivity contribution in [2.45, 2.75) is 25.4 Å². The number of nitrogens with zero attached hydrogens (tertiary/aromatic N) is 4. The molecular weight excluding hydrogens is 460 g/mol. The van der Waals surface area contributed by atoms with Crippen LogP contribution in [0.2, 0.25) is 0 Å². The number of aromatic nitrogens is 4. The number of fused-ring (bicyclic) bond motifs is 1. The molecule has 0 spiro atoms. The predicted octanol–water partition coefficient (Wildman–Crippen LogP) is 3.03. The second-order valence-corrected chi connectivity index (χ2v) is 8.90. The molecule has 0 radical (unpaired) electrons. The zero-order valence-electron chi connectivity index (χ0n) is 20.1. The third kappa shape index (κ3) is 4.48. The number of benzene rings is 1. The summed E-state index contributed by atoms with van der Waals surface area (Å²) in [7, 11) is 1.55. The summed E-state index contributed by atoms with van der Waals surface area (Å²) in [6.45, 7) is 2.57. The Kier molecular flexibility index (Phi) is 6.53. The zero-order valence-corrected chi connectivity index (χ0v) is 20.1. The number of hydrogen-bond donors (Lipinski definition) is 3. The largest absolute Gasteiger partial charge is 0.457 e. The molecule has 3 aromatic heterocycles. The van der Waals surface area contributed by atoms with Crippen LogP contribution in [0.25, 0.3) is 16.8 Å². The molecule has 1 saturated heterocycles. The minimum absolute atomic E-state index is 0.0133. The highest BCUT2D eigenvalue weighted by atomic mass is 16.5. The van der Waals surface area contributed by atoms with Crippen LogP contribution < -0.4 is 15.8 Å². The molecule has 3 unspecified atom stereocenters. The van der Waals surface area contributed by atoms with Gasteiger partial charge in [0, 0.05) is 43.2 Å². The van der Waals surface area contributed by atoms with Crippen molar-refractivity contribution in [1.29, 1.82) is 0 Å². The van der Waals surface area contributed by atoms with Gasteiger partial charge < -0.3 is 25.6 Å². The Hall–Kier alpha value is -4.02. The lowest BCUT2D eigenvalue weighted by Crippen LogP contribution is -2.35. The van der Waals surface area contributed by atoms with E-state index in [0.29, 0.717) is 23.9 Å². The maximum Gasteiger partial charge on any atom is 0.269 e. The van der Waals surface area contributed by atoms with E-state index in [1.54, 1.807) is 25.4 Å². The Labute approximate surface area is 208 Å². The summed E-state index contributed by atoms with van der Waals surface area (Å²) in [5, 5.41) is 12.1. The number of rotatable bonds is 6. The van der Waals surface area contributed by atoms with Crippen LogP contribution >= 0.6 is 0 Å². The quantitative estimate of drug-likeness (QED) is 0.377. The highest BCUT2D eigenvalue weighted by Crippen LogP contribution is 2.36. The summed E-state index contributed by atoms with van der Waals surface area (Å²) in [6.07, 6.45) is 5.76. The zero-order chi connectivity index (χ0) is 25.2. The number of nitrogen functional groups attached to an aromatic ring is 1. The summed E-state index contributed by atoms with van der Waals surface area (Å²) in [6, 6.07) is 10.8. The lowest BCUT2D eigenvalue weighted by molar-refractivity contribution is -0.0603. The number of aliphatic hydroxyl groups excluding tert-OH is 1. The first-order chi connectivity index (χ1) is 17.5. The molecule has 0 saturated carbocycles. The molecule has 4 aromatic rings. The van der Waals surface area contributed by atoms with E-state index in [2.05, 4.69) is 22.2 Å². The van der Waals surface area contributed by atoms with E-state index in [0.717, 1.165) is 29.0 Å². The maximum atomic E-state index is 11.8. The fourth-order valence-corrected chi connectivity index (χ4v) is 4.61. The molecule has 10 nitrogen and oxygen atoms in total. The number of carbonyl (C=O) groups is 1. The molecule has 3 atom stereocenters. The van der Waals surface area contributed by atoms with Gasteiger partial charge in [-0.25, -0.2) is 9.97 Å². The number of ether oxygens (including phenoxy) is 2. The third-order valence-corrected chi connectivity index (χ3v) is 6.51. The summed E-state index contributed by atoms with van der Waals surface area (Å²) in [5.41, 5.74) is 8.90. The van der Waals surface area contributed by atoms with Crippen molar-refractivity contribution < 1.29 is 19.4 Å². The van der Waals surface area contributed by atoms with Gasteiger partial charge in [-0.2, -0.15) is 0 Å². The molecule has 1 aliphatic heterocycles. The first kappa shape index (κ1) is 23.7. The van der Waals surface area contributed by atoms with Gasteiger partial charge in [0.1, 0.15) is 40.0 Å². The van der Waals surface area contributed by atoms with Gasteiger partial charge in [-0.15, -0.1) is 0 Å². The standard InChI is InChI=1S/C26H28N6O4/c1-15-11-17(14-35-21(15)13-33)25-31-22(23-24(27)30-9-10-32(23)25)16-3-5-18(6-4-16)36-19-7-8-29-20(12-19)26(34)28-2/h3-10,12,15,17,21,33H,11,13-14H2,1-2H3,(H2,27,30)(H,28,34). The van der Waals surface area contributed by atoms with E-state index in [9.17, 15) is 9.90 Å². The van der Waals surface area contributed by atoms with Crippen molar-refractivity contribution in [1.82, 2.24) is 24.7 Å². The molecule has 36 heavy (non-hydrogen) atoms. The Bertz CT molecular complexity index is 1390. The molecule has 4 N–H and O–H groups in total. The number of aliphatic hydroxyl groups is 1. The Morgan fingerprint density at radius 3 is 2.75 bits per heavy atom. The summed E-state index contributed by atoms with van der Waals surface area (Å²) >= 11 is 0. The van der Waals surface area contributed by atoms with Gasteiger partial charge in [-0.3, -0.25) is 14.2 Å². The number of hydrogen-bond acceptors (Lipinski definition) is 8. The third-order valence-electron chi connectivity index (χ3n) is 6.51. The monoisotopic (exact) mass is 488 g/mol. The van der Waals surface area contributed by atoms with Crippen LogP contribution in [0.15, 0.2) is 55.0 Å². The number of pyridine rings is 1. The predicted molar refractivity (Wildman–Crippen MR) is 134 cm³/mol. The highest BCUT2D eigenvalue weighted by Gasteiger charge is 2.32. The number of carbonyl (C=O) groups excluding carboxylic acids is 1. The summed E-state index contributed by atoms with van der Waals surface area (Å²) in [4.78, 5) is 25.2. The molecule has 1 aliphatic rings. The van der Waals surface area contributed by atoms with Crippen molar-refractivity contribution in [2.24, 2.45) is 5.92 Å². The lowest BCUT2D eigenvalue weighted by Gasteiger charge is -2.32. The van der Waals surface area contributed by atoms with Gasteiger partial charge in [0.25, 0.3) is 5.91 Å². The topological polar surface area (TPSA) is 137 Å². The number of anilines is 1. The van der Waals surface area contributed by atoms with Gasteiger partial charge in [-0.05, 0) is 42.7 Å². The molecule has 4 heterocycles. The van der Waals surface area contributed by atoms with Crippen LogP contribution in [0.3, 0.4) is 0 Å². The number of amides is 1. The van der Waals surface area contributed by atoms with E-state index in [1.807, 2.05) is 34.9 Å². The lowest BCUT2D eigenvalue weighted by atomic mass is 9.89. The van der Waals surface area contributed by atoms with Gasteiger partial charge in [-0.1, -0.05) is 6.92 Å². The fourth-order valence-electron chi connectivity index (χ4n) is 4.61. The van der Waals surface area contributed by atoms with Crippen LogP contribution in [0.4, 0.5) is 5.82 Å². The van der Waals surface area contributed by atoms with Crippen LogP contribution in [0, 0.1) is 5.92 Å². The maximum absolute atomic E-state index is 11.8. The minimum Gasteiger partial charge on any atom is -0.457 e. The average Bonchev–Trinajstić information content (AvgIpc) is 3.30. The van der Waals surface area contributed by atoms with Crippen molar-refractivity contribution in [3.05, 3.63) is 66.5 Å². The van der Waals surface area contributed by atoms with Gasteiger partial charge in [0.05, 0.1) is 19.3 Å². The van der Waals surface area contributed by atoms with Crippen LogP contribution in [0.5, 0.6) is 11.5 Å². The SMILES string of the molecule is CNC(=O)c1cc(Oc2ccc(-c3nc(C4COC(CO)C(C)C4)n4ccnc(N)c34)cc2)ccn1. The average molecular weight is 489 g/mol. The molecule has 0 aliphatic carbocycles. The summed E-state index contributed by atoms with van der Waals surface area (Å²) in [5.74, 6) is 2.35. The second kappa shape index (κ2) is 9.92. The highest BCUT2D eigenvalue weighted by molar-refractivity contribution is 5.92. The second-order valence-electron chi connectivity index (χ2n) is 8.90. The minimum atomic E-state index is -0.283. The van der Waals surface area contributed by atoms with E-state index in [-0.39, 0.29) is 36.1 Å². The molecule has 0 bridgehead atoms. The van der Waals surface area contributed by atoms with Crippen LogP contribution in [-0.4, -0.2) is 56.7 Å². The smallest absolute Gasteiger partial charge is 0.269 e. The van der Waals surface area contributed by atoms with Gasteiger partial charge in [0.2, 0.25) is 0 Å². The van der Waals surface area contributed by atoms with Crippen LogP contribution in [0.1, 0.15) is 35.6 Å². The molecule has 5 rings (SSSR count). The first-order valence-electron chi connectivity index (χ1n) is 11.8. The van der Waals surface area contributed by atoms with Gasteiger partial charge in [0.15, 0.2) is 0 Å². The van der Waals surface area contributed by atoms with Crippen molar-refractivity contribution in [3.8, 4) is 22.8 Å². The fraction of sp³-hybridized carbons (Fsp3) is 0.308. The number of nitrogens with two attached hydrogens (primary N) is 1. The van der Waals surface area contributed by atoms with Crippen LogP contribution in [-0.2, 0) is 4.74 Å². The van der Waals surface area contributed by atoms with E-state index < -0.39 is 0 Å². The molecule has 1 aromatic carbocycles. The van der Waals surface area contributed by atoms with E-state index >= 15 is 0 Å².